The lowest BCUT2D eigenvalue weighted by molar-refractivity contribution is -0.143. The summed E-state index contributed by atoms with van der Waals surface area (Å²) in [5.74, 6) is 2.66. The van der Waals surface area contributed by atoms with Gasteiger partial charge in [0.1, 0.15) is 11.9 Å². The van der Waals surface area contributed by atoms with E-state index in [1.807, 2.05) is 0 Å². The van der Waals surface area contributed by atoms with Gasteiger partial charge in [0.15, 0.2) is 11.5 Å². The number of unbranched alkanes of at least 4 members (excludes halogenated alkanes) is 5. The number of carbonyl (C=O) groups is 2. The predicted molar refractivity (Wildman–Crippen MR) is 199 cm³/mol. The van der Waals surface area contributed by atoms with Crippen LogP contribution in [-0.4, -0.2) is 66.4 Å². The fourth-order valence-electron chi connectivity index (χ4n) is 10.2. The summed E-state index contributed by atoms with van der Waals surface area (Å²) in [6.07, 6.45) is 14.2. The number of benzene rings is 3. The molecular weight excluding hydrogens is 620 g/mol. The van der Waals surface area contributed by atoms with Crippen molar-refractivity contribution in [3.63, 3.8) is 0 Å². The highest BCUT2D eigenvalue weighted by Crippen LogP contribution is 2.64. The molecule has 2 aliphatic heterocycles. The first-order valence-corrected chi connectivity index (χ1v) is 19.5. The maximum atomic E-state index is 14.4. The number of amides is 1. The maximum absolute atomic E-state index is 14.4. The molecule has 2 bridgehead atoms. The summed E-state index contributed by atoms with van der Waals surface area (Å²) < 4.78 is 13.0. The molecule has 2 fully saturated rings. The molecule has 0 N–H and O–H groups in total. The molecule has 7 rings (SSSR count). The molecular formula is C44H56N2O4. The van der Waals surface area contributed by atoms with Crippen molar-refractivity contribution >= 4 is 11.7 Å². The molecule has 266 valence electrons. The van der Waals surface area contributed by atoms with Crippen LogP contribution in [0.5, 0.6) is 11.5 Å². The van der Waals surface area contributed by atoms with E-state index in [-0.39, 0.29) is 23.3 Å². The zero-order chi connectivity index (χ0) is 34.5. The summed E-state index contributed by atoms with van der Waals surface area (Å²) in [5, 5.41) is 0. The molecule has 6 heteroatoms. The lowest BCUT2D eigenvalue weighted by Gasteiger charge is -2.60. The van der Waals surface area contributed by atoms with Crippen LogP contribution in [0.2, 0.25) is 0 Å². The summed E-state index contributed by atoms with van der Waals surface area (Å²) in [7, 11) is 1.74. The van der Waals surface area contributed by atoms with E-state index in [0.717, 1.165) is 88.8 Å². The molecule has 3 aromatic carbocycles. The van der Waals surface area contributed by atoms with Crippen LogP contribution in [0.3, 0.4) is 0 Å². The van der Waals surface area contributed by atoms with Crippen LogP contribution < -0.4 is 9.47 Å². The van der Waals surface area contributed by atoms with Crippen molar-refractivity contribution in [2.45, 2.75) is 120 Å². The van der Waals surface area contributed by atoms with Crippen molar-refractivity contribution < 1.29 is 19.1 Å². The van der Waals surface area contributed by atoms with Crippen molar-refractivity contribution in [3.8, 4) is 11.5 Å². The summed E-state index contributed by atoms with van der Waals surface area (Å²) in [4.78, 5) is 31.4. The van der Waals surface area contributed by atoms with Gasteiger partial charge in [-0.3, -0.25) is 14.5 Å². The Balaban J connectivity index is 1.08. The van der Waals surface area contributed by atoms with Gasteiger partial charge in [-0.2, -0.15) is 0 Å². The zero-order valence-corrected chi connectivity index (χ0v) is 30.3. The second-order valence-corrected chi connectivity index (χ2v) is 15.4. The van der Waals surface area contributed by atoms with Crippen LogP contribution in [-0.2, 0) is 34.3 Å². The van der Waals surface area contributed by atoms with Crippen LogP contribution in [0.4, 0.5) is 0 Å². The van der Waals surface area contributed by atoms with E-state index in [0.29, 0.717) is 30.8 Å². The molecule has 1 amide bonds. The smallest absolute Gasteiger partial charge is 0.222 e. The summed E-state index contributed by atoms with van der Waals surface area (Å²) in [6, 6.07) is 26.1. The molecule has 6 nitrogen and oxygen atoms in total. The molecule has 1 saturated carbocycles. The fourth-order valence-corrected chi connectivity index (χ4v) is 10.2. The highest BCUT2D eigenvalue weighted by molar-refractivity contribution is 5.78. The molecule has 5 atom stereocenters. The minimum absolute atomic E-state index is 0.0319. The first-order chi connectivity index (χ1) is 24.5. The van der Waals surface area contributed by atoms with Crippen molar-refractivity contribution in [3.05, 3.63) is 95.1 Å². The van der Waals surface area contributed by atoms with Gasteiger partial charge in [-0.1, -0.05) is 86.0 Å². The van der Waals surface area contributed by atoms with E-state index < -0.39 is 0 Å². The third-order valence-electron chi connectivity index (χ3n) is 12.4. The SMILES string of the molecule is COc1ccc2c3c1O[C@H]1[C@@H](N(CCCCc4ccccc4)C(=O)CCCCCCCc4ccccc4)CC[C@H]4[C@@H](C2)N(CC(C)=O)CC[C@@]341. The van der Waals surface area contributed by atoms with Crippen molar-refractivity contribution in [1.82, 2.24) is 9.80 Å². The van der Waals surface area contributed by atoms with Crippen LogP contribution >= 0.6 is 0 Å². The third kappa shape index (κ3) is 6.97. The largest absolute Gasteiger partial charge is 0.493 e. The van der Waals surface area contributed by atoms with Gasteiger partial charge in [0.25, 0.3) is 0 Å². The normalized spacial score (nSPS) is 24.7. The number of methoxy groups -OCH3 is 1. The minimum atomic E-state index is -0.153. The molecule has 0 aromatic heterocycles. The number of carbonyl (C=O) groups excluding carboxylic acids is 2. The van der Waals surface area contributed by atoms with Gasteiger partial charge >= 0.3 is 0 Å². The van der Waals surface area contributed by atoms with Crippen LogP contribution in [0.25, 0.3) is 0 Å². The molecule has 2 aliphatic carbocycles. The van der Waals surface area contributed by atoms with E-state index in [9.17, 15) is 9.59 Å². The first kappa shape index (κ1) is 34.8. The standard InChI is InChI=1S/C44H56N2O4/c1-32(47)31-45-29-27-44-36-24-25-37(43(44)50-42-39(49-2)26-23-35(41(42)44)30-38(36)45)46(28-15-14-21-34-19-11-7-12-20-34)40(48)22-13-5-3-4-8-16-33-17-9-6-10-18-33/h6-7,9-12,17-20,23,26,36-38,43H,3-5,8,13-16,21-22,24-25,27-31H2,1-2H3/t36-,37-,38+,43-,44-/m0/s1. The molecule has 4 aliphatic rings. The number of likely N-dealkylation sites (tertiary alicyclic amines) is 1. The van der Waals surface area contributed by atoms with Crippen LogP contribution in [0, 0.1) is 5.92 Å². The minimum Gasteiger partial charge on any atom is -0.493 e. The number of ether oxygens (including phenoxy) is 2. The van der Waals surface area contributed by atoms with Gasteiger partial charge in [0.05, 0.1) is 19.7 Å². The lowest BCUT2D eigenvalue weighted by Crippen LogP contribution is -2.69. The van der Waals surface area contributed by atoms with Gasteiger partial charge in [0.2, 0.25) is 5.91 Å². The Morgan fingerprint density at radius 2 is 1.54 bits per heavy atom. The Hall–Kier alpha value is -3.64. The summed E-state index contributed by atoms with van der Waals surface area (Å²) >= 11 is 0. The van der Waals surface area contributed by atoms with Crippen LogP contribution in [0.1, 0.15) is 99.8 Å². The number of nitrogens with zero attached hydrogens (tertiary/aromatic N) is 2. The van der Waals surface area contributed by atoms with Gasteiger partial charge < -0.3 is 14.4 Å². The summed E-state index contributed by atoms with van der Waals surface area (Å²) in [5.41, 5.74) is 5.31. The first-order valence-electron chi connectivity index (χ1n) is 19.5. The lowest BCUT2D eigenvalue weighted by atomic mass is 9.51. The van der Waals surface area contributed by atoms with Crippen molar-refractivity contribution in [2.24, 2.45) is 5.92 Å². The number of hydrogen-bond acceptors (Lipinski definition) is 5. The number of aryl methyl sites for hydroxylation is 2. The Morgan fingerprint density at radius 3 is 2.24 bits per heavy atom. The molecule has 2 heterocycles. The monoisotopic (exact) mass is 676 g/mol. The third-order valence-corrected chi connectivity index (χ3v) is 12.4. The summed E-state index contributed by atoms with van der Waals surface area (Å²) in [6.45, 7) is 3.89. The zero-order valence-electron chi connectivity index (χ0n) is 30.3. The van der Waals surface area contributed by atoms with Crippen molar-refractivity contribution in [1.29, 1.82) is 0 Å². The topological polar surface area (TPSA) is 59.1 Å². The van der Waals surface area contributed by atoms with Gasteiger partial charge in [-0.15, -0.1) is 0 Å². The average molecular weight is 677 g/mol. The fraction of sp³-hybridized carbons (Fsp3) is 0.545. The molecule has 0 unspecified atom stereocenters. The Labute approximate surface area is 299 Å². The Morgan fingerprint density at radius 1 is 0.860 bits per heavy atom. The van der Waals surface area contributed by atoms with E-state index in [2.05, 4.69) is 82.6 Å². The number of hydrogen-bond donors (Lipinski definition) is 0. The van der Waals surface area contributed by atoms with Gasteiger partial charge in [-0.25, -0.2) is 0 Å². The van der Waals surface area contributed by atoms with E-state index in [1.54, 1.807) is 14.0 Å². The quantitative estimate of drug-likeness (QED) is 0.135. The average Bonchev–Trinajstić information content (AvgIpc) is 3.48. The van der Waals surface area contributed by atoms with Crippen molar-refractivity contribution in [2.75, 3.05) is 26.7 Å². The maximum Gasteiger partial charge on any atom is 0.222 e. The second-order valence-electron chi connectivity index (χ2n) is 15.4. The van der Waals surface area contributed by atoms with E-state index >= 15 is 0 Å². The Bertz CT molecular complexity index is 1610. The van der Waals surface area contributed by atoms with Gasteiger partial charge in [-0.05, 0) is 106 Å². The molecule has 1 spiro atoms. The Kier molecular flexibility index (Phi) is 10.9. The molecule has 3 aromatic rings. The number of rotatable bonds is 17. The number of ketones is 1. The van der Waals surface area contributed by atoms with Crippen LogP contribution in [0.15, 0.2) is 72.8 Å². The number of piperidine rings is 1. The predicted octanol–water partition coefficient (Wildman–Crippen LogP) is 8.13. The molecule has 0 radical (unpaired) electrons. The second kappa shape index (κ2) is 15.7. The molecule has 1 saturated heterocycles. The highest BCUT2D eigenvalue weighted by atomic mass is 16.5. The highest BCUT2D eigenvalue weighted by Gasteiger charge is 2.66. The number of Topliss-reactive ketones (excluding diaryl/α,β-unsaturated/α-hetero) is 1. The van der Waals surface area contributed by atoms with Gasteiger partial charge in [0, 0.05) is 30.0 Å². The van der Waals surface area contributed by atoms with E-state index in [1.165, 1.54) is 41.5 Å². The molecule has 50 heavy (non-hydrogen) atoms. The van der Waals surface area contributed by atoms with E-state index in [4.69, 9.17) is 9.47 Å².